The lowest BCUT2D eigenvalue weighted by atomic mass is 10.1. The number of H-pyrrole nitrogens is 1. The van der Waals surface area contributed by atoms with Crippen molar-refractivity contribution in [1.29, 1.82) is 0 Å². The number of benzene rings is 3. The monoisotopic (exact) mass is 474 g/mol. The summed E-state index contributed by atoms with van der Waals surface area (Å²) in [6, 6.07) is 18.9. The van der Waals surface area contributed by atoms with E-state index < -0.39 is 0 Å². The Kier molecular flexibility index (Phi) is 5.94. The van der Waals surface area contributed by atoms with Gasteiger partial charge in [-0.3, -0.25) is 14.5 Å². The number of carbonyl (C=O) groups is 2. The van der Waals surface area contributed by atoms with Crippen molar-refractivity contribution in [3.8, 4) is 5.75 Å². The first-order valence-electron chi connectivity index (χ1n) is 11.0. The van der Waals surface area contributed by atoms with Gasteiger partial charge in [-0.25, -0.2) is 4.98 Å². The summed E-state index contributed by atoms with van der Waals surface area (Å²) in [4.78, 5) is 34.4. The molecule has 1 aromatic heterocycles. The fourth-order valence-electron chi connectivity index (χ4n) is 4.00. The molecule has 0 fully saturated rings. The molecule has 0 saturated carbocycles. The van der Waals surface area contributed by atoms with Gasteiger partial charge in [0, 0.05) is 17.1 Å². The molecule has 1 aliphatic rings. The number of rotatable bonds is 6. The number of anilines is 2. The van der Waals surface area contributed by atoms with E-state index in [2.05, 4.69) is 34.3 Å². The third-order valence-corrected chi connectivity index (χ3v) is 5.98. The van der Waals surface area contributed by atoms with Crippen LogP contribution in [0.5, 0.6) is 5.75 Å². The number of aromatic nitrogens is 2. The molecule has 2 heterocycles. The SMILES string of the molecule is Cc1ccc2nc(CCc3ccc(NC(=O)CN4C(=O)COc5ccc(Cl)cc54)cc3)[nH]c2c1. The highest BCUT2D eigenvalue weighted by Crippen LogP contribution is 2.34. The first-order chi connectivity index (χ1) is 16.4. The van der Waals surface area contributed by atoms with Gasteiger partial charge in [-0.15, -0.1) is 0 Å². The van der Waals surface area contributed by atoms with E-state index in [0.29, 0.717) is 22.1 Å². The lowest BCUT2D eigenvalue weighted by molar-refractivity contribution is -0.123. The van der Waals surface area contributed by atoms with Crippen LogP contribution in [0.15, 0.2) is 60.7 Å². The zero-order valence-corrected chi connectivity index (χ0v) is 19.4. The molecule has 0 bridgehead atoms. The molecule has 0 spiro atoms. The average Bonchev–Trinajstić information content (AvgIpc) is 3.22. The van der Waals surface area contributed by atoms with Gasteiger partial charge < -0.3 is 15.0 Å². The topological polar surface area (TPSA) is 87.3 Å². The van der Waals surface area contributed by atoms with Crippen LogP contribution >= 0.6 is 11.6 Å². The number of nitrogens with one attached hydrogen (secondary N) is 2. The number of carbonyl (C=O) groups excluding carboxylic acids is 2. The molecule has 172 valence electrons. The molecule has 2 amide bonds. The van der Waals surface area contributed by atoms with Gasteiger partial charge >= 0.3 is 0 Å². The molecule has 34 heavy (non-hydrogen) atoms. The number of fused-ring (bicyclic) bond motifs is 2. The minimum Gasteiger partial charge on any atom is -0.482 e. The zero-order valence-electron chi connectivity index (χ0n) is 18.6. The van der Waals surface area contributed by atoms with Crippen molar-refractivity contribution in [1.82, 2.24) is 9.97 Å². The van der Waals surface area contributed by atoms with Crippen LogP contribution in [0.1, 0.15) is 17.0 Å². The quantitative estimate of drug-likeness (QED) is 0.425. The Morgan fingerprint density at radius 2 is 1.94 bits per heavy atom. The maximum absolute atomic E-state index is 12.6. The van der Waals surface area contributed by atoms with Crippen molar-refractivity contribution in [2.24, 2.45) is 0 Å². The highest BCUT2D eigenvalue weighted by atomic mass is 35.5. The normalized spacial score (nSPS) is 13.0. The Hall–Kier alpha value is -3.84. The van der Waals surface area contributed by atoms with Gasteiger partial charge in [0.25, 0.3) is 5.91 Å². The van der Waals surface area contributed by atoms with E-state index in [-0.39, 0.29) is 25.0 Å². The molecule has 2 N–H and O–H groups in total. The van der Waals surface area contributed by atoms with Crippen molar-refractivity contribution in [2.75, 3.05) is 23.4 Å². The standard InChI is InChI=1S/C26H23ClN4O3/c1-16-2-9-20-21(12-16)30-24(29-20)11-5-17-3-7-19(8-4-17)28-25(32)14-31-22-13-18(27)6-10-23(22)34-15-26(31)33/h2-4,6-10,12-13H,5,11,14-15H2,1H3,(H,28,32)(H,29,30). The molecule has 0 atom stereocenters. The third kappa shape index (κ3) is 4.75. The van der Waals surface area contributed by atoms with Crippen LogP contribution in [0.25, 0.3) is 11.0 Å². The van der Waals surface area contributed by atoms with E-state index in [1.54, 1.807) is 18.2 Å². The molecular weight excluding hydrogens is 452 g/mol. The van der Waals surface area contributed by atoms with Crippen molar-refractivity contribution < 1.29 is 14.3 Å². The predicted molar refractivity (Wildman–Crippen MR) is 133 cm³/mol. The molecule has 8 heteroatoms. The van der Waals surface area contributed by atoms with Gasteiger partial charge in [0.1, 0.15) is 18.1 Å². The number of halogens is 1. The van der Waals surface area contributed by atoms with Crippen LogP contribution in [0.3, 0.4) is 0 Å². The summed E-state index contributed by atoms with van der Waals surface area (Å²) >= 11 is 6.06. The second kappa shape index (κ2) is 9.19. The number of hydrogen-bond acceptors (Lipinski definition) is 4. The smallest absolute Gasteiger partial charge is 0.265 e. The summed E-state index contributed by atoms with van der Waals surface area (Å²) < 4.78 is 5.42. The highest BCUT2D eigenvalue weighted by Gasteiger charge is 2.27. The third-order valence-electron chi connectivity index (χ3n) is 5.74. The van der Waals surface area contributed by atoms with E-state index in [1.807, 2.05) is 30.3 Å². The van der Waals surface area contributed by atoms with Crippen LogP contribution in [0, 0.1) is 6.92 Å². The minimum atomic E-state index is -0.300. The Balaban J connectivity index is 1.19. The van der Waals surface area contributed by atoms with Crippen LogP contribution in [0.2, 0.25) is 5.02 Å². The van der Waals surface area contributed by atoms with Gasteiger partial charge in [0.2, 0.25) is 5.91 Å². The zero-order chi connectivity index (χ0) is 23.7. The molecule has 0 saturated heterocycles. The molecule has 0 unspecified atom stereocenters. The second-order valence-electron chi connectivity index (χ2n) is 8.33. The van der Waals surface area contributed by atoms with Crippen LogP contribution < -0.4 is 15.0 Å². The van der Waals surface area contributed by atoms with Crippen molar-refractivity contribution in [3.05, 3.63) is 82.6 Å². The maximum Gasteiger partial charge on any atom is 0.265 e. The van der Waals surface area contributed by atoms with Crippen LogP contribution in [-0.2, 0) is 22.4 Å². The van der Waals surface area contributed by atoms with E-state index in [9.17, 15) is 9.59 Å². The summed E-state index contributed by atoms with van der Waals surface area (Å²) in [5.74, 6) is 0.891. The number of aryl methyl sites for hydroxylation is 3. The Morgan fingerprint density at radius 3 is 2.76 bits per heavy atom. The van der Waals surface area contributed by atoms with Crippen molar-refractivity contribution in [2.45, 2.75) is 19.8 Å². The number of ether oxygens (including phenoxy) is 1. The highest BCUT2D eigenvalue weighted by molar-refractivity contribution is 6.31. The van der Waals surface area contributed by atoms with Crippen molar-refractivity contribution in [3.63, 3.8) is 0 Å². The molecule has 5 rings (SSSR count). The first-order valence-corrected chi connectivity index (χ1v) is 11.4. The van der Waals surface area contributed by atoms with Crippen molar-refractivity contribution >= 4 is 45.8 Å². The molecule has 4 aromatic rings. The molecule has 0 radical (unpaired) electrons. The summed E-state index contributed by atoms with van der Waals surface area (Å²) in [5.41, 5.74) is 5.53. The van der Waals surface area contributed by atoms with E-state index in [4.69, 9.17) is 16.3 Å². The van der Waals surface area contributed by atoms with Gasteiger partial charge in [-0.1, -0.05) is 29.8 Å². The number of amides is 2. The summed E-state index contributed by atoms with van der Waals surface area (Å²) in [5, 5.41) is 3.32. The average molecular weight is 475 g/mol. The van der Waals surface area contributed by atoms with Gasteiger partial charge in [0.05, 0.1) is 16.7 Å². The second-order valence-corrected chi connectivity index (χ2v) is 8.77. The summed E-state index contributed by atoms with van der Waals surface area (Å²) in [6.07, 6.45) is 1.62. The molecule has 7 nitrogen and oxygen atoms in total. The molecule has 1 aliphatic heterocycles. The predicted octanol–water partition coefficient (Wildman–Crippen LogP) is 4.67. The van der Waals surface area contributed by atoms with E-state index in [1.165, 1.54) is 10.5 Å². The van der Waals surface area contributed by atoms with Gasteiger partial charge in [-0.2, -0.15) is 0 Å². The molecule has 0 aliphatic carbocycles. The lowest BCUT2D eigenvalue weighted by Gasteiger charge is -2.29. The number of aromatic amines is 1. The number of imidazole rings is 1. The minimum absolute atomic E-state index is 0.110. The van der Waals surface area contributed by atoms with E-state index >= 15 is 0 Å². The molecular formula is C26H23ClN4O3. The van der Waals surface area contributed by atoms with Crippen LogP contribution in [-0.4, -0.2) is 34.9 Å². The van der Waals surface area contributed by atoms with E-state index in [0.717, 1.165) is 35.3 Å². The Morgan fingerprint density at radius 1 is 1.12 bits per heavy atom. The number of hydrogen-bond donors (Lipinski definition) is 2. The summed E-state index contributed by atoms with van der Waals surface area (Å²) in [6.45, 7) is 1.83. The fourth-order valence-corrected chi connectivity index (χ4v) is 4.17. The largest absolute Gasteiger partial charge is 0.482 e. The molecule has 3 aromatic carbocycles. The lowest BCUT2D eigenvalue weighted by Crippen LogP contribution is -2.43. The fraction of sp³-hybridized carbons (Fsp3) is 0.192. The Labute approximate surface area is 201 Å². The number of nitrogens with zero attached hydrogens (tertiary/aromatic N) is 2. The van der Waals surface area contributed by atoms with Gasteiger partial charge in [0.15, 0.2) is 6.61 Å². The maximum atomic E-state index is 12.6. The van der Waals surface area contributed by atoms with Crippen LogP contribution in [0.4, 0.5) is 11.4 Å². The van der Waals surface area contributed by atoms with Gasteiger partial charge in [-0.05, 0) is 66.9 Å². The summed E-state index contributed by atoms with van der Waals surface area (Å²) in [7, 11) is 0. The first kappa shape index (κ1) is 22.0. The Bertz CT molecular complexity index is 1380.